The Kier molecular flexibility index (Phi) is 5.42. The normalized spacial score (nSPS) is 30.7. The highest BCUT2D eigenvalue weighted by Crippen LogP contribution is 2.19. The predicted octanol–water partition coefficient (Wildman–Crippen LogP) is 0.469. The van der Waals surface area contributed by atoms with E-state index >= 15 is 0 Å². The van der Waals surface area contributed by atoms with E-state index in [0.717, 1.165) is 26.1 Å². The van der Waals surface area contributed by atoms with E-state index in [0.29, 0.717) is 6.04 Å². The molecule has 2 fully saturated rings. The molecule has 2 heterocycles. The Bertz CT molecular complexity index is 241. The summed E-state index contributed by atoms with van der Waals surface area (Å²) in [4.78, 5) is 7.30. The smallest absolute Gasteiger partial charge is 0.0682 e. The van der Waals surface area contributed by atoms with Crippen LogP contribution in [0.25, 0.3) is 0 Å². The molecule has 106 valence electrons. The van der Waals surface area contributed by atoms with Gasteiger partial charge in [-0.05, 0) is 66.0 Å². The lowest BCUT2D eigenvalue weighted by molar-refractivity contribution is 0.168. The summed E-state index contributed by atoms with van der Waals surface area (Å²) in [6, 6.07) is 0.550. The van der Waals surface area contributed by atoms with Crippen molar-refractivity contribution in [2.45, 2.75) is 37.8 Å². The monoisotopic (exact) mass is 255 g/mol. The van der Waals surface area contributed by atoms with Gasteiger partial charge in [0.2, 0.25) is 0 Å². The molecule has 2 saturated heterocycles. The highest BCUT2D eigenvalue weighted by atomic mass is 16.3. The maximum Gasteiger partial charge on any atom is 0.0682 e. The molecule has 2 aliphatic heterocycles. The number of aliphatic hydroxyl groups is 1. The molecule has 0 saturated carbocycles. The van der Waals surface area contributed by atoms with Crippen LogP contribution in [0.4, 0.5) is 0 Å². The van der Waals surface area contributed by atoms with Crippen molar-refractivity contribution in [1.82, 2.24) is 14.7 Å². The third kappa shape index (κ3) is 4.19. The molecule has 0 aromatic heterocycles. The molecule has 2 atom stereocenters. The fraction of sp³-hybridized carbons (Fsp3) is 1.00. The molecule has 0 bridgehead atoms. The molecule has 0 aromatic rings. The van der Waals surface area contributed by atoms with Crippen LogP contribution in [0, 0.1) is 0 Å². The number of nitrogens with zero attached hydrogens (tertiary/aromatic N) is 3. The Hall–Kier alpha value is -0.160. The van der Waals surface area contributed by atoms with Crippen LogP contribution in [-0.4, -0.2) is 85.3 Å². The average Bonchev–Trinajstić information content (AvgIpc) is 2.89. The summed E-state index contributed by atoms with van der Waals surface area (Å²) in [5, 5.41) is 9.82. The first-order valence-corrected chi connectivity index (χ1v) is 7.44. The topological polar surface area (TPSA) is 30.0 Å². The Morgan fingerprint density at radius 1 is 1.17 bits per heavy atom. The van der Waals surface area contributed by atoms with E-state index < -0.39 is 0 Å². The largest absolute Gasteiger partial charge is 0.392 e. The molecule has 0 amide bonds. The van der Waals surface area contributed by atoms with Gasteiger partial charge in [0.15, 0.2) is 0 Å². The summed E-state index contributed by atoms with van der Waals surface area (Å²) >= 11 is 0. The first-order valence-electron chi connectivity index (χ1n) is 7.44. The van der Waals surface area contributed by atoms with Gasteiger partial charge in [-0.25, -0.2) is 0 Å². The molecular formula is C14H29N3O. The van der Waals surface area contributed by atoms with Crippen LogP contribution in [0.1, 0.15) is 25.7 Å². The summed E-state index contributed by atoms with van der Waals surface area (Å²) < 4.78 is 0. The van der Waals surface area contributed by atoms with Gasteiger partial charge in [-0.2, -0.15) is 0 Å². The van der Waals surface area contributed by atoms with Gasteiger partial charge in [0, 0.05) is 19.1 Å². The number of aliphatic hydroxyl groups excluding tert-OH is 1. The van der Waals surface area contributed by atoms with Crippen molar-refractivity contribution in [1.29, 1.82) is 0 Å². The number of hydrogen-bond acceptors (Lipinski definition) is 4. The van der Waals surface area contributed by atoms with Crippen LogP contribution in [0.15, 0.2) is 0 Å². The van der Waals surface area contributed by atoms with Crippen molar-refractivity contribution >= 4 is 0 Å². The van der Waals surface area contributed by atoms with Crippen molar-refractivity contribution in [3.8, 4) is 0 Å². The maximum absolute atomic E-state index is 9.82. The van der Waals surface area contributed by atoms with Crippen LogP contribution in [0.5, 0.6) is 0 Å². The Morgan fingerprint density at radius 3 is 2.56 bits per heavy atom. The first kappa shape index (κ1) is 14.3. The molecule has 2 rings (SSSR count). The zero-order valence-electron chi connectivity index (χ0n) is 12.0. The molecule has 18 heavy (non-hydrogen) atoms. The summed E-state index contributed by atoms with van der Waals surface area (Å²) in [7, 11) is 4.24. The summed E-state index contributed by atoms with van der Waals surface area (Å²) in [5.41, 5.74) is 0. The summed E-state index contributed by atoms with van der Waals surface area (Å²) in [6.45, 7) is 6.92. The average molecular weight is 255 g/mol. The highest BCUT2D eigenvalue weighted by molar-refractivity contribution is 4.86. The molecule has 0 aliphatic carbocycles. The maximum atomic E-state index is 9.82. The van der Waals surface area contributed by atoms with Gasteiger partial charge < -0.3 is 14.9 Å². The number of β-amino-alcohol motifs (C(OH)–C–C–N with tert-alkyl or cyclic N) is 1. The van der Waals surface area contributed by atoms with Gasteiger partial charge in [-0.15, -0.1) is 0 Å². The van der Waals surface area contributed by atoms with Crippen molar-refractivity contribution in [3.63, 3.8) is 0 Å². The van der Waals surface area contributed by atoms with Crippen LogP contribution < -0.4 is 0 Å². The molecular weight excluding hydrogens is 226 g/mol. The zero-order valence-corrected chi connectivity index (χ0v) is 12.0. The number of hydrogen-bond donors (Lipinski definition) is 1. The lowest BCUT2D eigenvalue weighted by Gasteiger charge is -2.27. The Balaban J connectivity index is 1.69. The van der Waals surface area contributed by atoms with Crippen molar-refractivity contribution < 1.29 is 5.11 Å². The number of likely N-dealkylation sites (tertiary alicyclic amines) is 2. The molecule has 0 spiro atoms. The minimum absolute atomic E-state index is 0.110. The van der Waals surface area contributed by atoms with E-state index in [-0.39, 0.29) is 6.10 Å². The standard InChI is InChI=1S/C14H29N3O/c1-15(2)11-13-10-14(18)12-17(13)9-5-8-16-6-3-4-7-16/h13-14,18H,3-12H2,1-2H3. The van der Waals surface area contributed by atoms with Gasteiger partial charge in [0.25, 0.3) is 0 Å². The third-order valence-corrected chi connectivity index (χ3v) is 4.20. The van der Waals surface area contributed by atoms with E-state index in [9.17, 15) is 5.11 Å². The first-order chi connectivity index (χ1) is 8.65. The molecule has 2 unspecified atom stereocenters. The minimum Gasteiger partial charge on any atom is -0.392 e. The third-order valence-electron chi connectivity index (χ3n) is 4.20. The molecule has 4 nitrogen and oxygen atoms in total. The van der Waals surface area contributed by atoms with Crippen LogP contribution in [-0.2, 0) is 0 Å². The van der Waals surface area contributed by atoms with E-state index in [1.165, 1.54) is 38.9 Å². The molecule has 4 heteroatoms. The number of rotatable bonds is 6. The van der Waals surface area contributed by atoms with E-state index in [1.807, 2.05) is 0 Å². The Labute approximate surface area is 112 Å². The van der Waals surface area contributed by atoms with Gasteiger partial charge in [-0.3, -0.25) is 4.90 Å². The fourth-order valence-electron chi connectivity index (χ4n) is 3.35. The van der Waals surface area contributed by atoms with Crippen molar-refractivity contribution in [2.24, 2.45) is 0 Å². The second-order valence-electron chi connectivity index (χ2n) is 6.20. The van der Waals surface area contributed by atoms with E-state index in [2.05, 4.69) is 28.8 Å². The van der Waals surface area contributed by atoms with Gasteiger partial charge in [0.05, 0.1) is 6.10 Å². The van der Waals surface area contributed by atoms with Gasteiger partial charge >= 0.3 is 0 Å². The summed E-state index contributed by atoms with van der Waals surface area (Å²) in [5.74, 6) is 0. The minimum atomic E-state index is -0.110. The predicted molar refractivity (Wildman–Crippen MR) is 74.8 cm³/mol. The lowest BCUT2D eigenvalue weighted by atomic mass is 10.2. The SMILES string of the molecule is CN(C)CC1CC(O)CN1CCCN1CCCC1. The van der Waals surface area contributed by atoms with Crippen molar-refractivity contribution in [2.75, 3.05) is 53.4 Å². The quantitative estimate of drug-likeness (QED) is 0.747. The Morgan fingerprint density at radius 2 is 1.89 bits per heavy atom. The second-order valence-corrected chi connectivity index (χ2v) is 6.20. The second kappa shape index (κ2) is 6.85. The van der Waals surface area contributed by atoms with Gasteiger partial charge in [0.1, 0.15) is 0 Å². The number of likely N-dealkylation sites (N-methyl/N-ethyl adjacent to an activating group) is 1. The van der Waals surface area contributed by atoms with E-state index in [1.54, 1.807) is 0 Å². The van der Waals surface area contributed by atoms with Gasteiger partial charge in [-0.1, -0.05) is 0 Å². The highest BCUT2D eigenvalue weighted by Gasteiger charge is 2.30. The molecule has 1 N–H and O–H groups in total. The molecule has 0 radical (unpaired) electrons. The molecule has 2 aliphatic rings. The van der Waals surface area contributed by atoms with E-state index in [4.69, 9.17) is 0 Å². The fourth-order valence-corrected chi connectivity index (χ4v) is 3.35. The lowest BCUT2D eigenvalue weighted by Crippen LogP contribution is -2.39. The zero-order chi connectivity index (χ0) is 13.0. The van der Waals surface area contributed by atoms with Crippen LogP contribution >= 0.6 is 0 Å². The summed E-state index contributed by atoms with van der Waals surface area (Å²) in [6.07, 6.45) is 4.84. The van der Waals surface area contributed by atoms with Crippen LogP contribution in [0.2, 0.25) is 0 Å². The molecule has 0 aromatic carbocycles. The van der Waals surface area contributed by atoms with Crippen molar-refractivity contribution in [3.05, 3.63) is 0 Å². The van der Waals surface area contributed by atoms with Crippen LogP contribution in [0.3, 0.4) is 0 Å².